The minimum atomic E-state index is 0. The molecule has 1 aliphatic rings. The van der Waals surface area contributed by atoms with Gasteiger partial charge in [-0.15, -0.1) is 12.4 Å². The fourth-order valence-corrected chi connectivity index (χ4v) is 0.808. The molecule has 0 spiro atoms. The first-order valence-corrected chi connectivity index (χ1v) is 2.87. The SMILES string of the molecule is Cl.Nc1cnc2c(c1)OCO2. The summed E-state index contributed by atoms with van der Waals surface area (Å²) in [7, 11) is 0. The predicted molar refractivity (Wildman–Crippen MR) is 42.0 cm³/mol. The summed E-state index contributed by atoms with van der Waals surface area (Å²) in [5.74, 6) is 1.15. The van der Waals surface area contributed by atoms with E-state index < -0.39 is 0 Å². The summed E-state index contributed by atoms with van der Waals surface area (Å²) in [6.45, 7) is 0.242. The maximum absolute atomic E-state index is 5.43. The van der Waals surface area contributed by atoms with Crippen molar-refractivity contribution < 1.29 is 9.47 Å². The summed E-state index contributed by atoms with van der Waals surface area (Å²) in [6, 6.07) is 1.69. The molecule has 0 saturated heterocycles. The van der Waals surface area contributed by atoms with Crippen LogP contribution >= 0.6 is 12.4 Å². The number of nitrogens with zero attached hydrogens (tertiary/aromatic N) is 1. The van der Waals surface area contributed by atoms with E-state index in [1.807, 2.05) is 0 Å². The van der Waals surface area contributed by atoms with Crippen LogP contribution in [0.4, 0.5) is 5.69 Å². The van der Waals surface area contributed by atoms with Crippen molar-refractivity contribution >= 4 is 18.1 Å². The molecule has 0 bridgehead atoms. The predicted octanol–water partition coefficient (Wildman–Crippen LogP) is 0.814. The largest absolute Gasteiger partial charge is 0.452 e. The molecular weight excluding hydrogens is 168 g/mol. The molecule has 1 aromatic rings. The molecule has 0 aromatic carbocycles. The Balaban J connectivity index is 0.000000605. The van der Waals surface area contributed by atoms with Gasteiger partial charge in [0.05, 0.1) is 11.9 Å². The Morgan fingerprint density at radius 2 is 2.27 bits per heavy atom. The number of halogens is 1. The van der Waals surface area contributed by atoms with Crippen molar-refractivity contribution in [3.63, 3.8) is 0 Å². The van der Waals surface area contributed by atoms with Gasteiger partial charge in [0.15, 0.2) is 5.75 Å². The van der Waals surface area contributed by atoms with Crippen LogP contribution in [-0.4, -0.2) is 11.8 Å². The molecule has 5 heteroatoms. The highest BCUT2D eigenvalue weighted by Crippen LogP contribution is 2.30. The zero-order chi connectivity index (χ0) is 6.97. The number of nitrogens with two attached hydrogens (primary N) is 1. The topological polar surface area (TPSA) is 57.4 Å². The summed E-state index contributed by atoms with van der Waals surface area (Å²) >= 11 is 0. The van der Waals surface area contributed by atoms with Gasteiger partial charge in [0.25, 0.3) is 5.88 Å². The maximum atomic E-state index is 5.43. The number of hydrogen-bond acceptors (Lipinski definition) is 4. The Bertz CT molecular complexity index is 267. The molecule has 4 nitrogen and oxygen atoms in total. The molecule has 2 heterocycles. The summed E-state index contributed by atoms with van der Waals surface area (Å²) in [5, 5.41) is 0. The fraction of sp³-hybridized carbons (Fsp3) is 0.167. The van der Waals surface area contributed by atoms with Crippen LogP contribution in [0.15, 0.2) is 12.3 Å². The molecule has 0 amide bonds. The van der Waals surface area contributed by atoms with E-state index in [-0.39, 0.29) is 19.2 Å². The van der Waals surface area contributed by atoms with Crippen LogP contribution in [-0.2, 0) is 0 Å². The maximum Gasteiger partial charge on any atom is 0.260 e. The quantitative estimate of drug-likeness (QED) is 0.633. The third kappa shape index (κ3) is 1.30. The first-order chi connectivity index (χ1) is 4.86. The van der Waals surface area contributed by atoms with E-state index >= 15 is 0 Å². The van der Waals surface area contributed by atoms with E-state index in [0.29, 0.717) is 17.3 Å². The second-order valence-corrected chi connectivity index (χ2v) is 1.98. The number of rotatable bonds is 0. The third-order valence-corrected chi connectivity index (χ3v) is 1.25. The molecular formula is C6H7ClN2O2. The van der Waals surface area contributed by atoms with E-state index in [2.05, 4.69) is 4.98 Å². The van der Waals surface area contributed by atoms with Crippen molar-refractivity contribution in [1.29, 1.82) is 0 Å². The Labute approximate surface area is 69.7 Å². The lowest BCUT2D eigenvalue weighted by molar-refractivity contribution is 0.171. The van der Waals surface area contributed by atoms with Gasteiger partial charge in [-0.3, -0.25) is 0 Å². The normalized spacial score (nSPS) is 12.4. The van der Waals surface area contributed by atoms with Crippen molar-refractivity contribution in [3.05, 3.63) is 12.3 Å². The van der Waals surface area contributed by atoms with E-state index in [4.69, 9.17) is 15.2 Å². The highest BCUT2D eigenvalue weighted by atomic mass is 35.5. The smallest absolute Gasteiger partial charge is 0.260 e. The zero-order valence-electron chi connectivity index (χ0n) is 5.61. The molecule has 0 atom stereocenters. The van der Waals surface area contributed by atoms with Gasteiger partial charge in [-0.05, 0) is 0 Å². The van der Waals surface area contributed by atoms with E-state index in [9.17, 15) is 0 Å². The first-order valence-electron chi connectivity index (χ1n) is 2.87. The molecule has 0 unspecified atom stereocenters. The number of aromatic nitrogens is 1. The second-order valence-electron chi connectivity index (χ2n) is 1.98. The van der Waals surface area contributed by atoms with Crippen LogP contribution in [0.1, 0.15) is 0 Å². The van der Waals surface area contributed by atoms with Gasteiger partial charge >= 0.3 is 0 Å². The Hall–Kier alpha value is -1.16. The van der Waals surface area contributed by atoms with Crippen LogP contribution in [0, 0.1) is 0 Å². The van der Waals surface area contributed by atoms with Gasteiger partial charge in [-0.2, -0.15) is 0 Å². The summed E-state index contributed by atoms with van der Waals surface area (Å²) in [4.78, 5) is 3.89. The molecule has 2 rings (SSSR count). The summed E-state index contributed by atoms with van der Waals surface area (Å²) in [6.07, 6.45) is 1.54. The minimum Gasteiger partial charge on any atom is -0.452 e. The van der Waals surface area contributed by atoms with Crippen molar-refractivity contribution in [2.75, 3.05) is 12.5 Å². The monoisotopic (exact) mass is 174 g/mol. The molecule has 1 aliphatic heterocycles. The first kappa shape index (κ1) is 7.94. The van der Waals surface area contributed by atoms with Gasteiger partial charge < -0.3 is 15.2 Å². The van der Waals surface area contributed by atoms with Gasteiger partial charge in [-0.1, -0.05) is 0 Å². The number of ether oxygens (including phenoxy) is 2. The standard InChI is InChI=1S/C6H6N2O2.ClH/c7-4-1-5-6(8-2-4)10-3-9-5;/h1-2H,3,7H2;1H. The molecule has 0 radical (unpaired) electrons. The minimum absolute atomic E-state index is 0. The highest BCUT2D eigenvalue weighted by Gasteiger charge is 2.13. The molecule has 1 aromatic heterocycles. The molecule has 0 saturated carbocycles. The average molecular weight is 175 g/mol. The van der Waals surface area contributed by atoms with Gasteiger partial charge in [0, 0.05) is 6.07 Å². The molecule has 0 aliphatic carbocycles. The number of hydrogen-bond donors (Lipinski definition) is 1. The number of pyridine rings is 1. The summed E-state index contributed by atoms with van der Waals surface area (Å²) < 4.78 is 9.98. The van der Waals surface area contributed by atoms with Crippen molar-refractivity contribution in [1.82, 2.24) is 4.98 Å². The molecule has 0 fully saturated rings. The summed E-state index contributed by atoms with van der Waals surface area (Å²) in [5.41, 5.74) is 6.02. The molecule has 11 heavy (non-hydrogen) atoms. The Morgan fingerprint density at radius 1 is 1.45 bits per heavy atom. The van der Waals surface area contributed by atoms with Crippen LogP contribution in [0.2, 0.25) is 0 Å². The Morgan fingerprint density at radius 3 is 3.09 bits per heavy atom. The lowest BCUT2D eigenvalue weighted by Crippen LogP contribution is -1.93. The van der Waals surface area contributed by atoms with Crippen molar-refractivity contribution in [3.8, 4) is 11.6 Å². The lowest BCUT2D eigenvalue weighted by Gasteiger charge is -1.93. The van der Waals surface area contributed by atoms with Crippen molar-refractivity contribution in [2.45, 2.75) is 0 Å². The van der Waals surface area contributed by atoms with Crippen LogP contribution in [0.25, 0.3) is 0 Å². The van der Waals surface area contributed by atoms with Crippen LogP contribution in [0.5, 0.6) is 11.6 Å². The zero-order valence-corrected chi connectivity index (χ0v) is 6.43. The number of nitrogen functional groups attached to an aromatic ring is 1. The van der Waals surface area contributed by atoms with Gasteiger partial charge in [-0.25, -0.2) is 4.98 Å². The van der Waals surface area contributed by atoms with Gasteiger partial charge in [0.2, 0.25) is 6.79 Å². The van der Waals surface area contributed by atoms with E-state index in [1.54, 1.807) is 6.07 Å². The van der Waals surface area contributed by atoms with Crippen LogP contribution < -0.4 is 15.2 Å². The average Bonchev–Trinajstić information content (AvgIpc) is 2.33. The van der Waals surface area contributed by atoms with Gasteiger partial charge in [0.1, 0.15) is 0 Å². The van der Waals surface area contributed by atoms with E-state index in [0.717, 1.165) is 0 Å². The second kappa shape index (κ2) is 2.84. The van der Waals surface area contributed by atoms with E-state index in [1.165, 1.54) is 6.20 Å². The third-order valence-electron chi connectivity index (χ3n) is 1.25. The lowest BCUT2D eigenvalue weighted by atomic mass is 10.4. The molecule has 60 valence electrons. The Kier molecular flexibility index (Phi) is 2.05. The van der Waals surface area contributed by atoms with Crippen LogP contribution in [0.3, 0.4) is 0 Å². The number of fused-ring (bicyclic) bond motifs is 1. The number of anilines is 1. The highest BCUT2D eigenvalue weighted by molar-refractivity contribution is 5.85. The molecule has 2 N–H and O–H groups in total. The van der Waals surface area contributed by atoms with Crippen molar-refractivity contribution in [2.24, 2.45) is 0 Å². The fourth-order valence-electron chi connectivity index (χ4n) is 0.808.